The van der Waals surface area contributed by atoms with E-state index in [0.29, 0.717) is 0 Å². The van der Waals surface area contributed by atoms with Gasteiger partial charge >= 0.3 is 0 Å². The Hall–Kier alpha value is -0.220. The van der Waals surface area contributed by atoms with Crippen LogP contribution in [0.5, 0.6) is 0 Å². The van der Waals surface area contributed by atoms with Crippen LogP contribution < -0.4 is 10.6 Å². The summed E-state index contributed by atoms with van der Waals surface area (Å²) in [5.74, 6) is 2.78. The molecule has 1 saturated carbocycles. The van der Waals surface area contributed by atoms with Crippen LogP contribution in [0.4, 0.5) is 0 Å². The Kier molecular flexibility index (Phi) is 3.70. The molecule has 0 radical (unpaired) electrons. The summed E-state index contributed by atoms with van der Waals surface area (Å²) in [4.78, 5) is 11.6. The molecule has 0 aromatic carbocycles. The average molecular weight is 214 g/mol. The summed E-state index contributed by atoms with van der Waals surface area (Å²) in [6.45, 7) is 0.891. The van der Waals surface area contributed by atoms with E-state index in [4.69, 9.17) is 0 Å². The van der Waals surface area contributed by atoms with E-state index < -0.39 is 0 Å². The maximum absolute atomic E-state index is 11.6. The molecule has 14 heavy (non-hydrogen) atoms. The van der Waals surface area contributed by atoms with Crippen molar-refractivity contribution in [1.82, 2.24) is 10.6 Å². The predicted molar refractivity (Wildman–Crippen MR) is 59.2 cm³/mol. The highest BCUT2D eigenvalue weighted by atomic mass is 32.2. The molecule has 2 fully saturated rings. The molecule has 1 unspecified atom stereocenters. The number of thioether (sulfide) groups is 1. The van der Waals surface area contributed by atoms with Crippen LogP contribution in [0.3, 0.4) is 0 Å². The number of hydrogen-bond acceptors (Lipinski definition) is 3. The van der Waals surface area contributed by atoms with Gasteiger partial charge in [0, 0.05) is 18.2 Å². The highest BCUT2D eigenvalue weighted by Crippen LogP contribution is 2.23. The van der Waals surface area contributed by atoms with Crippen LogP contribution >= 0.6 is 11.8 Å². The van der Waals surface area contributed by atoms with Crippen LogP contribution in [0.15, 0.2) is 0 Å². The van der Waals surface area contributed by atoms with E-state index in [2.05, 4.69) is 10.6 Å². The molecule has 0 aromatic heterocycles. The lowest BCUT2D eigenvalue weighted by atomic mass is 10.1. The van der Waals surface area contributed by atoms with Gasteiger partial charge in [0.15, 0.2) is 0 Å². The summed E-state index contributed by atoms with van der Waals surface area (Å²) < 4.78 is 0. The smallest absolute Gasteiger partial charge is 0.238 e. The average Bonchev–Trinajstić information content (AvgIpc) is 2.87. The molecule has 1 amide bonds. The number of nitrogens with one attached hydrogen (secondary N) is 2. The molecular formula is C10H18N2OS. The van der Waals surface area contributed by atoms with Crippen molar-refractivity contribution < 1.29 is 4.79 Å². The lowest BCUT2D eigenvalue weighted by molar-refractivity contribution is -0.122. The number of rotatable bonds is 3. The first-order valence-electron chi connectivity index (χ1n) is 5.45. The van der Waals surface area contributed by atoms with Crippen LogP contribution in [0.25, 0.3) is 0 Å². The Morgan fingerprint density at radius 3 is 2.86 bits per heavy atom. The van der Waals surface area contributed by atoms with Crippen molar-refractivity contribution in [1.29, 1.82) is 0 Å². The van der Waals surface area contributed by atoms with Gasteiger partial charge in [-0.3, -0.25) is 10.1 Å². The maximum Gasteiger partial charge on any atom is 0.238 e. The van der Waals surface area contributed by atoms with Gasteiger partial charge in [-0.1, -0.05) is 12.8 Å². The minimum Gasteiger partial charge on any atom is -0.354 e. The molecule has 0 spiro atoms. The van der Waals surface area contributed by atoms with Gasteiger partial charge in [0.05, 0.1) is 6.04 Å². The van der Waals surface area contributed by atoms with Gasteiger partial charge in [-0.15, -0.1) is 11.8 Å². The Labute approximate surface area is 89.4 Å². The van der Waals surface area contributed by atoms with E-state index in [1.165, 1.54) is 25.7 Å². The largest absolute Gasteiger partial charge is 0.354 e. The second-order valence-electron chi connectivity index (χ2n) is 4.17. The molecule has 3 nitrogen and oxygen atoms in total. The van der Waals surface area contributed by atoms with Gasteiger partial charge in [0.2, 0.25) is 5.91 Å². The third-order valence-corrected chi connectivity index (χ3v) is 4.01. The molecule has 1 heterocycles. The SMILES string of the molecule is O=C(NCC1CCCC1)C1CSCN1. The van der Waals surface area contributed by atoms with Gasteiger partial charge in [-0.2, -0.15) is 0 Å². The van der Waals surface area contributed by atoms with Crippen LogP contribution in [0.2, 0.25) is 0 Å². The standard InChI is InChI=1S/C10H18N2OS/c13-10(9-6-14-7-12-9)11-5-8-3-1-2-4-8/h8-9,12H,1-7H2,(H,11,13). The Balaban J connectivity index is 1.66. The van der Waals surface area contributed by atoms with E-state index in [1.807, 2.05) is 0 Å². The highest BCUT2D eigenvalue weighted by Gasteiger charge is 2.23. The molecule has 2 rings (SSSR count). The summed E-state index contributed by atoms with van der Waals surface area (Å²) in [5, 5.41) is 6.23. The number of hydrogen-bond donors (Lipinski definition) is 2. The first-order chi connectivity index (χ1) is 6.86. The molecule has 1 atom stereocenters. The van der Waals surface area contributed by atoms with Crippen molar-refractivity contribution in [3.8, 4) is 0 Å². The zero-order valence-corrected chi connectivity index (χ0v) is 9.24. The Morgan fingerprint density at radius 1 is 1.43 bits per heavy atom. The van der Waals surface area contributed by atoms with E-state index in [0.717, 1.165) is 24.1 Å². The van der Waals surface area contributed by atoms with Gasteiger partial charge in [-0.05, 0) is 18.8 Å². The van der Waals surface area contributed by atoms with Gasteiger partial charge < -0.3 is 5.32 Å². The van der Waals surface area contributed by atoms with Gasteiger partial charge in [0.25, 0.3) is 0 Å². The first-order valence-corrected chi connectivity index (χ1v) is 6.60. The zero-order chi connectivity index (χ0) is 9.80. The summed E-state index contributed by atoms with van der Waals surface area (Å²) in [6.07, 6.45) is 5.29. The van der Waals surface area contributed by atoms with Crippen LogP contribution in [-0.4, -0.2) is 30.1 Å². The fraction of sp³-hybridized carbons (Fsp3) is 0.900. The molecule has 1 aliphatic carbocycles. The van der Waals surface area contributed by atoms with E-state index in [9.17, 15) is 4.79 Å². The molecule has 2 N–H and O–H groups in total. The molecule has 4 heteroatoms. The van der Waals surface area contributed by atoms with Crippen molar-refractivity contribution in [2.75, 3.05) is 18.2 Å². The topological polar surface area (TPSA) is 41.1 Å². The zero-order valence-electron chi connectivity index (χ0n) is 8.42. The van der Waals surface area contributed by atoms with Crippen molar-refractivity contribution in [3.05, 3.63) is 0 Å². The first kappa shape index (κ1) is 10.3. The van der Waals surface area contributed by atoms with Crippen molar-refractivity contribution in [2.45, 2.75) is 31.7 Å². The van der Waals surface area contributed by atoms with Crippen LogP contribution in [-0.2, 0) is 4.79 Å². The van der Waals surface area contributed by atoms with Gasteiger partial charge in [-0.25, -0.2) is 0 Å². The quantitative estimate of drug-likeness (QED) is 0.735. The second kappa shape index (κ2) is 5.03. The fourth-order valence-electron chi connectivity index (χ4n) is 2.15. The molecule has 80 valence electrons. The highest BCUT2D eigenvalue weighted by molar-refractivity contribution is 7.99. The Morgan fingerprint density at radius 2 is 2.21 bits per heavy atom. The lowest BCUT2D eigenvalue weighted by Gasteiger charge is -2.13. The van der Waals surface area contributed by atoms with Crippen molar-refractivity contribution in [2.24, 2.45) is 5.92 Å². The normalized spacial score (nSPS) is 28.1. The third kappa shape index (κ3) is 2.64. The monoisotopic (exact) mass is 214 g/mol. The van der Waals surface area contributed by atoms with Crippen molar-refractivity contribution >= 4 is 17.7 Å². The Bertz CT molecular complexity index is 198. The van der Waals surface area contributed by atoms with Crippen molar-refractivity contribution in [3.63, 3.8) is 0 Å². The summed E-state index contributed by atoms with van der Waals surface area (Å²) in [6, 6.07) is 0.0569. The molecule has 1 aliphatic heterocycles. The van der Waals surface area contributed by atoms with E-state index in [-0.39, 0.29) is 11.9 Å². The minimum absolute atomic E-state index is 0.0569. The summed E-state index contributed by atoms with van der Waals surface area (Å²) >= 11 is 1.80. The second-order valence-corrected chi connectivity index (χ2v) is 5.20. The summed E-state index contributed by atoms with van der Waals surface area (Å²) in [5.41, 5.74) is 0. The minimum atomic E-state index is 0.0569. The summed E-state index contributed by atoms with van der Waals surface area (Å²) in [7, 11) is 0. The maximum atomic E-state index is 11.6. The molecule has 1 saturated heterocycles. The van der Waals surface area contributed by atoms with E-state index >= 15 is 0 Å². The predicted octanol–water partition coefficient (Wildman–Crippen LogP) is 0.955. The van der Waals surface area contributed by atoms with Crippen LogP contribution in [0.1, 0.15) is 25.7 Å². The molecule has 2 aliphatic rings. The molecular weight excluding hydrogens is 196 g/mol. The number of carbonyl (C=O) groups is 1. The molecule has 0 bridgehead atoms. The lowest BCUT2D eigenvalue weighted by Crippen LogP contribution is -2.43. The number of carbonyl (C=O) groups excluding carboxylic acids is 1. The van der Waals surface area contributed by atoms with Gasteiger partial charge in [0.1, 0.15) is 0 Å². The van der Waals surface area contributed by atoms with Crippen LogP contribution in [0, 0.1) is 5.92 Å². The number of amides is 1. The third-order valence-electron chi connectivity index (χ3n) is 3.07. The molecule has 0 aromatic rings. The van der Waals surface area contributed by atoms with E-state index in [1.54, 1.807) is 11.8 Å². The fourth-order valence-corrected chi connectivity index (χ4v) is 3.09.